The number of morpholine rings is 1. The van der Waals surface area contributed by atoms with E-state index >= 15 is 0 Å². The molecule has 3 aromatic rings. The van der Waals surface area contributed by atoms with Crippen molar-refractivity contribution in [3.63, 3.8) is 0 Å². The number of fused-ring (bicyclic) bond motifs is 1. The van der Waals surface area contributed by atoms with Crippen molar-refractivity contribution in [3.8, 4) is 0 Å². The highest BCUT2D eigenvalue weighted by molar-refractivity contribution is 5.81. The smallest absolute Gasteiger partial charge is 0.225 e. The van der Waals surface area contributed by atoms with Gasteiger partial charge in [-0.1, -0.05) is 48.5 Å². The predicted octanol–water partition coefficient (Wildman–Crippen LogP) is 3.76. The van der Waals surface area contributed by atoms with E-state index in [-0.39, 0.29) is 5.92 Å². The molecule has 3 heterocycles. The van der Waals surface area contributed by atoms with Crippen LogP contribution >= 0.6 is 0 Å². The molecular weight excluding hydrogens is 386 g/mol. The summed E-state index contributed by atoms with van der Waals surface area (Å²) in [7, 11) is 0. The SMILES string of the molecule is O=C(C1CCN(Cc2cc3ccccc3n2Cc2ccccc2)CC1)N1CCOCC1. The van der Waals surface area contributed by atoms with Gasteiger partial charge in [0.25, 0.3) is 0 Å². The van der Waals surface area contributed by atoms with E-state index in [9.17, 15) is 4.79 Å². The first-order chi connectivity index (χ1) is 15.3. The molecule has 0 unspecified atom stereocenters. The first-order valence-corrected chi connectivity index (χ1v) is 11.5. The van der Waals surface area contributed by atoms with Crippen molar-refractivity contribution in [2.75, 3.05) is 39.4 Å². The third-order valence-electron chi connectivity index (χ3n) is 6.73. The van der Waals surface area contributed by atoms with Gasteiger partial charge in [0.05, 0.1) is 13.2 Å². The Kier molecular flexibility index (Phi) is 6.05. The number of piperidine rings is 1. The second-order valence-electron chi connectivity index (χ2n) is 8.75. The Morgan fingerprint density at radius 3 is 2.35 bits per heavy atom. The Labute approximate surface area is 184 Å². The fourth-order valence-corrected chi connectivity index (χ4v) is 4.96. The Hall–Kier alpha value is -2.63. The van der Waals surface area contributed by atoms with Crippen LogP contribution in [0.15, 0.2) is 60.7 Å². The summed E-state index contributed by atoms with van der Waals surface area (Å²) in [5, 5.41) is 1.30. The number of hydrogen-bond acceptors (Lipinski definition) is 3. The van der Waals surface area contributed by atoms with Crippen LogP contribution in [0.2, 0.25) is 0 Å². The molecule has 2 aliphatic heterocycles. The monoisotopic (exact) mass is 417 g/mol. The number of carbonyl (C=O) groups excluding carboxylic acids is 1. The third-order valence-corrected chi connectivity index (χ3v) is 6.73. The van der Waals surface area contributed by atoms with Crippen LogP contribution in [0, 0.1) is 5.92 Å². The molecule has 5 heteroatoms. The van der Waals surface area contributed by atoms with Crippen molar-refractivity contribution in [2.45, 2.75) is 25.9 Å². The number of para-hydroxylation sites is 1. The topological polar surface area (TPSA) is 37.7 Å². The fraction of sp³-hybridized carbons (Fsp3) is 0.423. The molecule has 0 atom stereocenters. The lowest BCUT2D eigenvalue weighted by Crippen LogP contribution is -2.46. The van der Waals surface area contributed by atoms with Crippen molar-refractivity contribution in [1.82, 2.24) is 14.4 Å². The first kappa shape index (κ1) is 20.3. The van der Waals surface area contributed by atoms with Gasteiger partial charge in [-0.2, -0.15) is 0 Å². The van der Waals surface area contributed by atoms with E-state index in [4.69, 9.17) is 4.74 Å². The maximum Gasteiger partial charge on any atom is 0.225 e. The molecule has 0 aliphatic carbocycles. The highest BCUT2D eigenvalue weighted by atomic mass is 16.5. The standard InChI is InChI=1S/C26H31N3O2/c30-26(28-14-16-31-17-15-28)22-10-12-27(13-11-22)20-24-18-23-8-4-5-9-25(23)29(24)19-21-6-2-1-3-7-21/h1-9,18,22H,10-17,19-20H2. The molecular formula is C26H31N3O2. The van der Waals surface area contributed by atoms with E-state index < -0.39 is 0 Å². The van der Waals surface area contributed by atoms with Crippen LogP contribution in [-0.4, -0.2) is 59.7 Å². The van der Waals surface area contributed by atoms with Gasteiger partial charge in [0, 0.05) is 43.3 Å². The zero-order valence-corrected chi connectivity index (χ0v) is 18.1. The molecule has 2 fully saturated rings. The minimum absolute atomic E-state index is 0.171. The molecule has 0 radical (unpaired) electrons. The number of ether oxygens (including phenoxy) is 1. The lowest BCUT2D eigenvalue weighted by atomic mass is 9.95. The van der Waals surface area contributed by atoms with Crippen molar-refractivity contribution in [3.05, 3.63) is 71.9 Å². The van der Waals surface area contributed by atoms with Gasteiger partial charge >= 0.3 is 0 Å². The minimum atomic E-state index is 0.171. The average molecular weight is 418 g/mol. The van der Waals surface area contributed by atoms with Gasteiger partial charge in [0.15, 0.2) is 0 Å². The number of carbonyl (C=O) groups is 1. The molecule has 162 valence electrons. The van der Waals surface area contributed by atoms with E-state index in [1.54, 1.807) is 0 Å². The van der Waals surface area contributed by atoms with Crippen molar-refractivity contribution >= 4 is 16.8 Å². The summed E-state index contributed by atoms with van der Waals surface area (Å²) < 4.78 is 7.85. The van der Waals surface area contributed by atoms with Crippen LogP contribution in [0.4, 0.5) is 0 Å². The number of aromatic nitrogens is 1. The minimum Gasteiger partial charge on any atom is -0.378 e. The van der Waals surface area contributed by atoms with Crippen molar-refractivity contribution < 1.29 is 9.53 Å². The molecule has 2 saturated heterocycles. The van der Waals surface area contributed by atoms with E-state index in [2.05, 4.69) is 70.1 Å². The Bertz CT molecular complexity index is 1020. The van der Waals surface area contributed by atoms with E-state index in [1.165, 1.54) is 22.2 Å². The van der Waals surface area contributed by atoms with Gasteiger partial charge in [0.1, 0.15) is 0 Å². The van der Waals surface area contributed by atoms with Crippen LogP contribution < -0.4 is 0 Å². The van der Waals surface area contributed by atoms with Crippen molar-refractivity contribution in [2.24, 2.45) is 5.92 Å². The average Bonchev–Trinajstić information content (AvgIpc) is 3.17. The predicted molar refractivity (Wildman–Crippen MR) is 123 cm³/mol. The summed E-state index contributed by atoms with van der Waals surface area (Å²) in [5.74, 6) is 0.505. The highest BCUT2D eigenvalue weighted by Gasteiger charge is 2.29. The summed E-state index contributed by atoms with van der Waals surface area (Å²) in [6.45, 7) is 6.63. The van der Waals surface area contributed by atoms with Gasteiger partial charge in [-0.15, -0.1) is 0 Å². The largest absolute Gasteiger partial charge is 0.378 e. The van der Waals surface area contributed by atoms with Crippen LogP contribution in [-0.2, 0) is 22.6 Å². The maximum atomic E-state index is 12.8. The maximum absolute atomic E-state index is 12.8. The summed E-state index contributed by atoms with van der Waals surface area (Å²) in [5.41, 5.74) is 3.96. The lowest BCUT2D eigenvalue weighted by Gasteiger charge is -2.35. The zero-order valence-electron chi connectivity index (χ0n) is 18.1. The summed E-state index contributed by atoms with van der Waals surface area (Å²) in [4.78, 5) is 17.4. The van der Waals surface area contributed by atoms with Crippen LogP contribution in [0.25, 0.3) is 10.9 Å². The van der Waals surface area contributed by atoms with Crippen LogP contribution in [0.3, 0.4) is 0 Å². The first-order valence-electron chi connectivity index (χ1n) is 11.5. The van der Waals surface area contributed by atoms with Crippen molar-refractivity contribution in [1.29, 1.82) is 0 Å². The number of likely N-dealkylation sites (tertiary alicyclic amines) is 1. The van der Waals surface area contributed by atoms with E-state index in [0.717, 1.165) is 52.1 Å². The summed E-state index contributed by atoms with van der Waals surface area (Å²) in [6, 6.07) is 21.7. The molecule has 1 amide bonds. The van der Waals surface area contributed by atoms with E-state index in [0.29, 0.717) is 19.1 Å². The molecule has 0 bridgehead atoms. The summed E-state index contributed by atoms with van der Waals surface area (Å²) >= 11 is 0. The molecule has 0 saturated carbocycles. The van der Waals surface area contributed by atoms with Gasteiger partial charge in [-0.25, -0.2) is 0 Å². The second kappa shape index (κ2) is 9.25. The van der Waals surface area contributed by atoms with Gasteiger partial charge in [0.2, 0.25) is 5.91 Å². The molecule has 0 spiro atoms. The van der Waals surface area contributed by atoms with Gasteiger partial charge in [-0.05, 0) is 49.0 Å². The summed E-state index contributed by atoms with van der Waals surface area (Å²) in [6.07, 6.45) is 1.91. The Morgan fingerprint density at radius 2 is 1.58 bits per heavy atom. The Morgan fingerprint density at radius 1 is 0.871 bits per heavy atom. The quantitative estimate of drug-likeness (QED) is 0.634. The van der Waals surface area contributed by atoms with E-state index in [1.807, 2.05) is 4.90 Å². The molecule has 31 heavy (non-hydrogen) atoms. The number of benzene rings is 2. The number of rotatable bonds is 5. The van der Waals surface area contributed by atoms with Crippen LogP contribution in [0.1, 0.15) is 24.1 Å². The highest BCUT2D eigenvalue weighted by Crippen LogP contribution is 2.26. The molecule has 5 rings (SSSR count). The molecule has 1 aromatic heterocycles. The molecule has 0 N–H and O–H groups in total. The second-order valence-corrected chi connectivity index (χ2v) is 8.75. The van der Waals surface area contributed by atoms with Gasteiger partial charge < -0.3 is 14.2 Å². The fourth-order valence-electron chi connectivity index (χ4n) is 4.96. The third kappa shape index (κ3) is 4.53. The lowest BCUT2D eigenvalue weighted by molar-refractivity contribution is -0.141. The number of nitrogens with zero attached hydrogens (tertiary/aromatic N) is 3. The zero-order chi connectivity index (χ0) is 21.0. The van der Waals surface area contributed by atoms with Gasteiger partial charge in [-0.3, -0.25) is 9.69 Å². The molecule has 2 aromatic carbocycles. The molecule has 2 aliphatic rings. The normalized spacial score (nSPS) is 18.5. The molecule has 5 nitrogen and oxygen atoms in total. The Balaban J connectivity index is 1.28. The van der Waals surface area contributed by atoms with Crippen LogP contribution in [0.5, 0.6) is 0 Å². The number of hydrogen-bond donors (Lipinski definition) is 0. The number of amides is 1.